The molecule has 2 heterocycles. The zero-order chi connectivity index (χ0) is 10.1. The van der Waals surface area contributed by atoms with Crippen molar-refractivity contribution in [3.8, 4) is 0 Å². The number of hydrogen-bond acceptors (Lipinski definition) is 4. The van der Waals surface area contributed by atoms with Crippen molar-refractivity contribution in [1.29, 1.82) is 0 Å². The van der Waals surface area contributed by atoms with Crippen LogP contribution in [0, 0.1) is 0 Å². The second-order valence-electron chi connectivity index (χ2n) is 3.42. The predicted molar refractivity (Wildman–Crippen MR) is 52.6 cm³/mol. The first-order valence-corrected chi connectivity index (χ1v) is 4.55. The van der Waals surface area contributed by atoms with Crippen molar-refractivity contribution >= 4 is 17.4 Å². The fourth-order valence-corrected chi connectivity index (χ4v) is 1.87. The third kappa shape index (κ3) is 1.28. The third-order valence-corrected chi connectivity index (χ3v) is 2.54. The molecule has 5 N–H and O–H groups in total. The molecule has 1 aliphatic heterocycles. The monoisotopic (exact) mass is 195 g/mol. The molecule has 0 spiro atoms. The van der Waals surface area contributed by atoms with Crippen LogP contribution in [0.15, 0.2) is 6.20 Å². The number of nitrogens with two attached hydrogens (primary N) is 2. The Labute approximate surface area is 81.2 Å². The van der Waals surface area contributed by atoms with Gasteiger partial charge < -0.3 is 16.4 Å². The molecule has 0 saturated carbocycles. The van der Waals surface area contributed by atoms with E-state index in [9.17, 15) is 4.79 Å². The van der Waals surface area contributed by atoms with Gasteiger partial charge in [-0.05, 0) is 12.8 Å². The van der Waals surface area contributed by atoms with Gasteiger partial charge in [0.05, 0.1) is 11.9 Å². The smallest absolute Gasteiger partial charge is 0.240 e. The van der Waals surface area contributed by atoms with Gasteiger partial charge in [-0.15, -0.1) is 0 Å². The number of aromatic amines is 1. The zero-order valence-corrected chi connectivity index (χ0v) is 7.73. The van der Waals surface area contributed by atoms with Crippen molar-refractivity contribution < 1.29 is 4.79 Å². The van der Waals surface area contributed by atoms with Crippen molar-refractivity contribution in [3.05, 3.63) is 6.20 Å². The highest BCUT2D eigenvalue weighted by molar-refractivity contribution is 5.85. The average molecular weight is 195 g/mol. The van der Waals surface area contributed by atoms with Crippen LogP contribution in [0.4, 0.5) is 11.5 Å². The second kappa shape index (κ2) is 3.21. The SMILES string of the molecule is NC(=O)C1CCCN1c1cn[nH]c1N. The topological polar surface area (TPSA) is 101 Å². The molecule has 76 valence electrons. The summed E-state index contributed by atoms with van der Waals surface area (Å²) in [4.78, 5) is 13.0. The number of nitrogen functional groups attached to an aromatic ring is 1. The van der Waals surface area contributed by atoms with E-state index in [1.54, 1.807) is 6.20 Å². The van der Waals surface area contributed by atoms with Gasteiger partial charge in [-0.2, -0.15) is 5.10 Å². The maximum absolute atomic E-state index is 11.1. The van der Waals surface area contributed by atoms with Crippen molar-refractivity contribution in [2.24, 2.45) is 5.73 Å². The quantitative estimate of drug-likeness (QED) is 0.589. The van der Waals surface area contributed by atoms with Crippen LogP contribution < -0.4 is 16.4 Å². The Morgan fingerprint density at radius 1 is 1.71 bits per heavy atom. The van der Waals surface area contributed by atoms with E-state index in [-0.39, 0.29) is 11.9 Å². The van der Waals surface area contributed by atoms with Crippen LogP contribution in [-0.4, -0.2) is 28.7 Å². The Morgan fingerprint density at radius 3 is 3.07 bits per heavy atom. The van der Waals surface area contributed by atoms with Gasteiger partial charge in [-0.1, -0.05) is 0 Å². The Morgan fingerprint density at radius 2 is 2.50 bits per heavy atom. The highest BCUT2D eigenvalue weighted by Crippen LogP contribution is 2.28. The van der Waals surface area contributed by atoms with Crippen LogP contribution in [0.5, 0.6) is 0 Å². The van der Waals surface area contributed by atoms with Gasteiger partial charge in [0.1, 0.15) is 11.9 Å². The molecule has 14 heavy (non-hydrogen) atoms. The lowest BCUT2D eigenvalue weighted by molar-refractivity contribution is -0.119. The summed E-state index contributed by atoms with van der Waals surface area (Å²) in [6, 6.07) is -0.241. The Balaban J connectivity index is 2.26. The van der Waals surface area contributed by atoms with Crippen LogP contribution >= 0.6 is 0 Å². The van der Waals surface area contributed by atoms with Crippen LogP contribution in [0.25, 0.3) is 0 Å². The molecule has 0 aliphatic carbocycles. The molecule has 0 bridgehead atoms. The summed E-state index contributed by atoms with van der Waals surface area (Å²) in [5, 5.41) is 6.46. The summed E-state index contributed by atoms with van der Waals surface area (Å²) in [6.07, 6.45) is 3.37. The van der Waals surface area contributed by atoms with Crippen LogP contribution in [0.3, 0.4) is 0 Å². The number of H-pyrrole nitrogens is 1. The number of hydrogen-bond donors (Lipinski definition) is 3. The zero-order valence-electron chi connectivity index (χ0n) is 7.73. The molecule has 1 aromatic heterocycles. The molecule has 1 aliphatic rings. The van der Waals surface area contributed by atoms with Gasteiger partial charge in [0.15, 0.2) is 0 Å². The lowest BCUT2D eigenvalue weighted by Crippen LogP contribution is -2.40. The van der Waals surface area contributed by atoms with Crippen LogP contribution in [0.1, 0.15) is 12.8 Å². The first-order chi connectivity index (χ1) is 6.70. The predicted octanol–water partition coefficient (Wildman–Crippen LogP) is -0.554. The van der Waals surface area contributed by atoms with Crippen molar-refractivity contribution in [2.75, 3.05) is 17.2 Å². The highest BCUT2D eigenvalue weighted by Gasteiger charge is 2.30. The normalized spacial score (nSPS) is 21.4. The Hall–Kier alpha value is -1.72. The number of carbonyl (C=O) groups excluding carboxylic acids is 1. The molecule has 6 heteroatoms. The van der Waals surface area contributed by atoms with E-state index in [0.717, 1.165) is 25.1 Å². The van der Waals surface area contributed by atoms with Crippen LogP contribution in [0.2, 0.25) is 0 Å². The van der Waals surface area contributed by atoms with E-state index < -0.39 is 0 Å². The summed E-state index contributed by atoms with van der Waals surface area (Å²) >= 11 is 0. The molecule has 1 fully saturated rings. The van der Waals surface area contributed by atoms with Gasteiger partial charge in [0, 0.05) is 6.54 Å². The van der Waals surface area contributed by atoms with Crippen molar-refractivity contribution in [2.45, 2.75) is 18.9 Å². The third-order valence-electron chi connectivity index (χ3n) is 2.54. The summed E-state index contributed by atoms with van der Waals surface area (Å²) in [6.45, 7) is 0.803. The van der Waals surface area contributed by atoms with E-state index in [0.29, 0.717) is 5.82 Å². The molecular weight excluding hydrogens is 182 g/mol. The summed E-state index contributed by atoms with van der Waals surface area (Å²) in [7, 11) is 0. The molecule has 1 amide bonds. The average Bonchev–Trinajstić information content (AvgIpc) is 2.70. The number of amides is 1. The van der Waals surface area contributed by atoms with Crippen molar-refractivity contribution in [3.63, 3.8) is 0 Å². The first kappa shape index (κ1) is 8.86. The number of nitrogens with zero attached hydrogens (tertiary/aromatic N) is 2. The largest absolute Gasteiger partial charge is 0.382 e. The maximum atomic E-state index is 11.1. The molecule has 1 aromatic rings. The molecular formula is C8H13N5O. The van der Waals surface area contributed by atoms with E-state index in [2.05, 4.69) is 10.2 Å². The molecule has 0 aromatic carbocycles. The number of nitrogens with one attached hydrogen (secondary N) is 1. The minimum absolute atomic E-state index is 0.241. The van der Waals surface area contributed by atoms with Gasteiger partial charge in [-0.25, -0.2) is 0 Å². The van der Waals surface area contributed by atoms with E-state index in [1.807, 2.05) is 4.90 Å². The van der Waals surface area contributed by atoms with E-state index in [4.69, 9.17) is 11.5 Å². The van der Waals surface area contributed by atoms with Gasteiger partial charge in [0.25, 0.3) is 0 Å². The fraction of sp³-hybridized carbons (Fsp3) is 0.500. The van der Waals surface area contributed by atoms with E-state index >= 15 is 0 Å². The number of carbonyl (C=O) groups is 1. The summed E-state index contributed by atoms with van der Waals surface area (Å²) < 4.78 is 0. The minimum atomic E-state index is -0.303. The second-order valence-corrected chi connectivity index (χ2v) is 3.42. The lowest BCUT2D eigenvalue weighted by atomic mass is 10.2. The maximum Gasteiger partial charge on any atom is 0.240 e. The minimum Gasteiger partial charge on any atom is -0.382 e. The summed E-state index contributed by atoms with van der Waals surface area (Å²) in [5.41, 5.74) is 11.7. The number of aromatic nitrogens is 2. The van der Waals surface area contributed by atoms with Gasteiger partial charge in [0.2, 0.25) is 5.91 Å². The van der Waals surface area contributed by atoms with E-state index in [1.165, 1.54) is 0 Å². The van der Waals surface area contributed by atoms with Crippen LogP contribution in [-0.2, 0) is 4.79 Å². The summed E-state index contributed by atoms with van der Waals surface area (Å²) in [5.74, 6) is 0.182. The molecule has 0 radical (unpaired) electrons. The standard InChI is InChI=1S/C8H13N5O/c9-7-6(4-11-12-7)13-3-1-2-5(13)8(10)14/h4-5H,1-3H2,(H2,10,14)(H3,9,11,12). The number of primary amides is 1. The molecule has 2 rings (SSSR count). The molecule has 1 saturated heterocycles. The number of rotatable bonds is 2. The Kier molecular flexibility index (Phi) is 2.03. The Bertz CT molecular complexity index is 347. The highest BCUT2D eigenvalue weighted by atomic mass is 16.1. The lowest BCUT2D eigenvalue weighted by Gasteiger charge is -2.22. The van der Waals surface area contributed by atoms with Gasteiger partial charge in [-0.3, -0.25) is 9.89 Å². The fourth-order valence-electron chi connectivity index (χ4n) is 1.87. The molecule has 6 nitrogen and oxygen atoms in total. The molecule has 1 unspecified atom stereocenters. The van der Waals surface area contributed by atoms with Crippen molar-refractivity contribution in [1.82, 2.24) is 10.2 Å². The van der Waals surface area contributed by atoms with Gasteiger partial charge >= 0.3 is 0 Å². The first-order valence-electron chi connectivity index (χ1n) is 4.55. The number of anilines is 2. The molecule has 1 atom stereocenters.